The van der Waals surface area contributed by atoms with Crippen molar-refractivity contribution in [2.75, 3.05) is 0 Å². The molecule has 0 aliphatic carbocycles. The van der Waals surface area contributed by atoms with Gasteiger partial charge in [0, 0.05) is 31.4 Å². The van der Waals surface area contributed by atoms with E-state index in [1.54, 1.807) is 12.3 Å². The number of hydrogen-bond donors (Lipinski definition) is 1. The predicted molar refractivity (Wildman–Crippen MR) is 58.8 cm³/mol. The Hall–Kier alpha value is -1.84. The molecule has 0 unspecified atom stereocenters. The van der Waals surface area contributed by atoms with Crippen LogP contribution in [0.5, 0.6) is 5.75 Å². The van der Waals surface area contributed by atoms with E-state index < -0.39 is 5.82 Å². The van der Waals surface area contributed by atoms with Gasteiger partial charge in [0.05, 0.1) is 0 Å². The maximum Gasteiger partial charge on any atom is 0.130 e. The van der Waals surface area contributed by atoms with Crippen LogP contribution in [-0.2, 0) is 13.0 Å². The molecular weight excluding hydrogens is 207 g/mol. The van der Waals surface area contributed by atoms with Crippen molar-refractivity contribution in [2.24, 2.45) is 0 Å². The molecule has 0 fully saturated rings. The number of hydrogen-bond acceptors (Lipinski definition) is 2. The summed E-state index contributed by atoms with van der Waals surface area (Å²) < 4.78 is 15.4. The molecule has 4 heteroatoms. The van der Waals surface area contributed by atoms with Gasteiger partial charge in [0.25, 0.3) is 0 Å². The second kappa shape index (κ2) is 4.35. The van der Waals surface area contributed by atoms with Crippen molar-refractivity contribution < 1.29 is 9.50 Å². The van der Waals surface area contributed by atoms with E-state index in [2.05, 4.69) is 4.98 Å². The van der Waals surface area contributed by atoms with Gasteiger partial charge >= 0.3 is 0 Å². The van der Waals surface area contributed by atoms with E-state index in [9.17, 15) is 4.39 Å². The first-order valence-corrected chi connectivity index (χ1v) is 5.18. The summed E-state index contributed by atoms with van der Waals surface area (Å²) in [6.07, 6.45) is 4.01. The fourth-order valence-corrected chi connectivity index (χ4v) is 1.65. The summed E-state index contributed by atoms with van der Waals surface area (Å²) in [5.41, 5.74) is 0.540. The Kier molecular flexibility index (Phi) is 2.90. The number of aromatic hydroxyl groups is 1. The van der Waals surface area contributed by atoms with Crippen LogP contribution in [0.4, 0.5) is 4.39 Å². The van der Waals surface area contributed by atoms with Crippen LogP contribution in [-0.4, -0.2) is 14.7 Å². The van der Waals surface area contributed by atoms with Crippen LogP contribution in [0.1, 0.15) is 18.3 Å². The molecule has 3 nitrogen and oxygen atoms in total. The summed E-state index contributed by atoms with van der Waals surface area (Å²) >= 11 is 0. The summed E-state index contributed by atoms with van der Waals surface area (Å²) in [5, 5.41) is 9.10. The van der Waals surface area contributed by atoms with E-state index >= 15 is 0 Å². The molecule has 0 bridgehead atoms. The van der Waals surface area contributed by atoms with Crippen LogP contribution < -0.4 is 0 Å². The van der Waals surface area contributed by atoms with Crippen molar-refractivity contribution >= 4 is 0 Å². The number of phenols is 1. The molecule has 1 N–H and O–H groups in total. The Morgan fingerprint density at radius 1 is 1.44 bits per heavy atom. The molecule has 16 heavy (non-hydrogen) atoms. The molecule has 0 aliphatic rings. The molecule has 0 atom stereocenters. The van der Waals surface area contributed by atoms with Crippen molar-refractivity contribution in [3.8, 4) is 5.75 Å². The number of phenolic OH excluding ortho intramolecular Hbond substituents is 1. The third-order valence-electron chi connectivity index (χ3n) is 2.53. The molecule has 0 saturated carbocycles. The Balaban J connectivity index is 2.27. The van der Waals surface area contributed by atoms with Gasteiger partial charge < -0.3 is 9.67 Å². The van der Waals surface area contributed by atoms with Crippen LogP contribution in [0.15, 0.2) is 30.6 Å². The van der Waals surface area contributed by atoms with Gasteiger partial charge in [-0.3, -0.25) is 0 Å². The molecule has 1 heterocycles. The van der Waals surface area contributed by atoms with Crippen molar-refractivity contribution in [3.05, 3.63) is 47.8 Å². The number of nitrogens with zero attached hydrogens (tertiary/aromatic N) is 2. The summed E-state index contributed by atoms with van der Waals surface area (Å²) in [6, 6.07) is 4.19. The van der Waals surface area contributed by atoms with Gasteiger partial charge in [-0.15, -0.1) is 0 Å². The van der Waals surface area contributed by atoms with Crippen molar-refractivity contribution in [1.82, 2.24) is 9.55 Å². The van der Waals surface area contributed by atoms with E-state index in [4.69, 9.17) is 5.11 Å². The monoisotopic (exact) mass is 220 g/mol. The summed E-state index contributed by atoms with van der Waals surface area (Å²) in [6.45, 7) is 2.83. The topological polar surface area (TPSA) is 38.0 Å². The Morgan fingerprint density at radius 2 is 2.25 bits per heavy atom. The molecule has 2 rings (SSSR count). The minimum absolute atomic E-state index is 0.0555. The molecule has 0 aliphatic heterocycles. The zero-order chi connectivity index (χ0) is 11.5. The first kappa shape index (κ1) is 10.7. The van der Waals surface area contributed by atoms with Crippen LogP contribution >= 0.6 is 0 Å². The first-order chi connectivity index (χ1) is 7.70. The molecule has 1 aromatic heterocycles. The minimum atomic E-state index is -0.398. The highest BCUT2D eigenvalue weighted by molar-refractivity contribution is 5.29. The van der Waals surface area contributed by atoms with Crippen LogP contribution in [0, 0.1) is 5.82 Å². The number of imidazole rings is 1. The quantitative estimate of drug-likeness (QED) is 0.862. The van der Waals surface area contributed by atoms with Gasteiger partial charge in [-0.2, -0.15) is 0 Å². The van der Waals surface area contributed by atoms with Crippen LogP contribution in [0.3, 0.4) is 0 Å². The minimum Gasteiger partial charge on any atom is -0.508 e. The lowest BCUT2D eigenvalue weighted by atomic mass is 10.1. The molecule has 84 valence electrons. The average molecular weight is 220 g/mol. The van der Waals surface area contributed by atoms with Gasteiger partial charge in [0.2, 0.25) is 0 Å². The molecule has 0 amide bonds. The third-order valence-corrected chi connectivity index (χ3v) is 2.53. The predicted octanol–water partition coefficient (Wildman–Crippen LogP) is 2.34. The zero-order valence-corrected chi connectivity index (χ0v) is 9.02. The lowest BCUT2D eigenvalue weighted by Gasteiger charge is -2.06. The normalized spacial score (nSPS) is 10.6. The average Bonchev–Trinajstić information content (AvgIpc) is 2.69. The maximum atomic E-state index is 13.5. The smallest absolute Gasteiger partial charge is 0.130 e. The molecule has 0 radical (unpaired) electrons. The highest BCUT2D eigenvalue weighted by Crippen LogP contribution is 2.17. The molecule has 2 aromatic rings. The fraction of sp³-hybridized carbons (Fsp3) is 0.250. The number of halogens is 1. The molecule has 0 spiro atoms. The number of benzene rings is 1. The van der Waals surface area contributed by atoms with Gasteiger partial charge in [0.15, 0.2) is 0 Å². The Bertz CT molecular complexity index is 494. The second-order valence-corrected chi connectivity index (χ2v) is 3.58. The SMILES string of the molecule is CCn1ccnc1Cc1ccc(O)cc1F. The summed E-state index contributed by atoms with van der Waals surface area (Å²) in [5.74, 6) is 0.373. The van der Waals surface area contributed by atoms with E-state index in [0.29, 0.717) is 12.0 Å². The third kappa shape index (κ3) is 2.05. The Morgan fingerprint density at radius 3 is 2.94 bits per heavy atom. The highest BCUT2D eigenvalue weighted by Gasteiger charge is 2.07. The Labute approximate surface area is 93.2 Å². The molecular formula is C12H13FN2O. The van der Waals surface area contributed by atoms with Gasteiger partial charge in [-0.1, -0.05) is 6.07 Å². The lowest BCUT2D eigenvalue weighted by molar-refractivity contribution is 0.468. The van der Waals surface area contributed by atoms with Gasteiger partial charge in [0.1, 0.15) is 17.4 Å². The second-order valence-electron chi connectivity index (χ2n) is 3.58. The number of rotatable bonds is 3. The van der Waals surface area contributed by atoms with Crippen LogP contribution in [0.2, 0.25) is 0 Å². The molecule has 1 aromatic carbocycles. The summed E-state index contributed by atoms with van der Waals surface area (Å²) in [7, 11) is 0. The highest BCUT2D eigenvalue weighted by atomic mass is 19.1. The molecule has 0 saturated heterocycles. The lowest BCUT2D eigenvalue weighted by Crippen LogP contribution is -2.03. The van der Waals surface area contributed by atoms with Gasteiger partial charge in [-0.05, 0) is 18.6 Å². The van der Waals surface area contributed by atoms with E-state index in [-0.39, 0.29) is 5.75 Å². The van der Waals surface area contributed by atoms with Crippen molar-refractivity contribution in [2.45, 2.75) is 19.9 Å². The standard InChI is InChI=1S/C12H13FN2O/c1-2-15-6-5-14-12(15)7-9-3-4-10(16)8-11(9)13/h3-6,8,16H,2,7H2,1H3. The van der Waals surface area contributed by atoms with E-state index in [1.807, 2.05) is 17.7 Å². The van der Waals surface area contributed by atoms with Crippen molar-refractivity contribution in [3.63, 3.8) is 0 Å². The number of aryl methyl sites for hydroxylation is 1. The van der Waals surface area contributed by atoms with Crippen LogP contribution in [0.25, 0.3) is 0 Å². The van der Waals surface area contributed by atoms with E-state index in [1.165, 1.54) is 6.07 Å². The maximum absolute atomic E-state index is 13.5. The van der Waals surface area contributed by atoms with Crippen molar-refractivity contribution in [1.29, 1.82) is 0 Å². The number of aromatic nitrogens is 2. The summed E-state index contributed by atoms with van der Waals surface area (Å²) in [4.78, 5) is 4.18. The van der Waals surface area contributed by atoms with E-state index in [0.717, 1.165) is 18.4 Å². The first-order valence-electron chi connectivity index (χ1n) is 5.18. The fourth-order valence-electron chi connectivity index (χ4n) is 1.65. The largest absolute Gasteiger partial charge is 0.508 e. The zero-order valence-electron chi connectivity index (χ0n) is 9.02. The van der Waals surface area contributed by atoms with Gasteiger partial charge in [-0.25, -0.2) is 9.37 Å².